The van der Waals surface area contributed by atoms with Crippen LogP contribution in [-0.4, -0.2) is 35.2 Å². The van der Waals surface area contributed by atoms with Crippen molar-refractivity contribution in [2.24, 2.45) is 0 Å². The molecule has 0 atom stereocenters. The zero-order valence-corrected chi connectivity index (χ0v) is 14.5. The number of benzene rings is 2. The second-order valence-electron chi connectivity index (χ2n) is 5.08. The molecule has 0 aliphatic rings. The summed E-state index contributed by atoms with van der Waals surface area (Å²) in [6, 6.07) is 17.0. The van der Waals surface area contributed by atoms with Gasteiger partial charge in [-0.3, -0.25) is 4.79 Å². The van der Waals surface area contributed by atoms with Crippen molar-refractivity contribution in [1.29, 1.82) is 0 Å². The zero-order valence-electron chi connectivity index (χ0n) is 12.9. The number of imidazole rings is 1. The number of carboxylic acids is 1. The number of aromatic nitrogens is 2. The number of nitrogens with one attached hydrogen (secondary N) is 1. The van der Waals surface area contributed by atoms with E-state index < -0.39 is 15.8 Å². The third-order valence-electron chi connectivity index (χ3n) is 3.34. The Morgan fingerprint density at radius 2 is 1.64 bits per heavy atom. The van der Waals surface area contributed by atoms with Gasteiger partial charge in [0.1, 0.15) is 10.9 Å². The van der Waals surface area contributed by atoms with E-state index in [9.17, 15) is 13.2 Å². The van der Waals surface area contributed by atoms with E-state index in [0.717, 1.165) is 11.8 Å². The summed E-state index contributed by atoms with van der Waals surface area (Å²) in [7, 11) is -3.84. The van der Waals surface area contributed by atoms with E-state index in [4.69, 9.17) is 5.11 Å². The van der Waals surface area contributed by atoms with Crippen LogP contribution in [0.5, 0.6) is 0 Å². The van der Waals surface area contributed by atoms with Gasteiger partial charge in [0.2, 0.25) is 9.84 Å². The van der Waals surface area contributed by atoms with Crippen molar-refractivity contribution in [3.8, 4) is 11.4 Å². The number of aliphatic carboxylic acids is 1. The number of thioether (sulfide) groups is 1. The molecule has 0 unspecified atom stereocenters. The highest BCUT2D eigenvalue weighted by Crippen LogP contribution is 2.31. The van der Waals surface area contributed by atoms with Crippen molar-refractivity contribution in [1.82, 2.24) is 9.97 Å². The first-order valence-corrected chi connectivity index (χ1v) is 9.75. The van der Waals surface area contributed by atoms with Crippen LogP contribution in [0.15, 0.2) is 75.6 Å². The lowest BCUT2D eigenvalue weighted by Crippen LogP contribution is -2.05. The van der Waals surface area contributed by atoms with Crippen LogP contribution in [0.1, 0.15) is 0 Å². The maximum atomic E-state index is 12.9. The number of H-pyrrole nitrogens is 1. The summed E-state index contributed by atoms with van der Waals surface area (Å²) >= 11 is 0.871. The van der Waals surface area contributed by atoms with Crippen LogP contribution >= 0.6 is 11.8 Å². The maximum Gasteiger partial charge on any atom is 0.313 e. The number of aromatic amines is 1. The fourth-order valence-corrected chi connectivity index (χ4v) is 4.56. The first-order chi connectivity index (χ1) is 12.0. The van der Waals surface area contributed by atoms with Crippen molar-refractivity contribution in [3.05, 3.63) is 60.7 Å². The van der Waals surface area contributed by atoms with Gasteiger partial charge >= 0.3 is 5.97 Å². The molecule has 128 valence electrons. The van der Waals surface area contributed by atoms with Gasteiger partial charge in [-0.25, -0.2) is 13.4 Å². The normalized spacial score (nSPS) is 11.4. The molecule has 8 heteroatoms. The minimum Gasteiger partial charge on any atom is -0.481 e. The molecule has 0 bridgehead atoms. The highest BCUT2D eigenvalue weighted by atomic mass is 32.2. The zero-order chi connectivity index (χ0) is 17.9. The van der Waals surface area contributed by atoms with Crippen LogP contribution < -0.4 is 0 Å². The number of carboxylic acid groups (broad SMARTS) is 1. The molecule has 0 amide bonds. The summed E-state index contributed by atoms with van der Waals surface area (Å²) in [5.41, 5.74) is 0.717. The number of hydrogen-bond donors (Lipinski definition) is 2. The van der Waals surface area contributed by atoms with Crippen LogP contribution in [0, 0.1) is 0 Å². The minimum atomic E-state index is -3.84. The van der Waals surface area contributed by atoms with Crippen molar-refractivity contribution >= 4 is 27.6 Å². The Hall–Kier alpha value is -2.58. The number of carbonyl (C=O) groups is 1. The first-order valence-electron chi connectivity index (χ1n) is 7.28. The smallest absolute Gasteiger partial charge is 0.313 e. The van der Waals surface area contributed by atoms with Crippen LogP contribution in [0.2, 0.25) is 0 Å². The SMILES string of the molecule is O=C(O)CSc1nc(-c2ccccc2)[nH]c1S(=O)(=O)c1ccccc1. The van der Waals surface area contributed by atoms with Gasteiger partial charge in [-0.2, -0.15) is 0 Å². The molecule has 3 rings (SSSR count). The predicted octanol–water partition coefficient (Wildman–Crippen LogP) is 3.09. The van der Waals surface area contributed by atoms with Gasteiger partial charge in [-0.1, -0.05) is 60.3 Å². The molecule has 0 radical (unpaired) electrons. The van der Waals surface area contributed by atoms with E-state index in [-0.39, 0.29) is 20.7 Å². The predicted molar refractivity (Wildman–Crippen MR) is 94.3 cm³/mol. The molecule has 25 heavy (non-hydrogen) atoms. The standard InChI is InChI=1S/C17H14N2O4S2/c20-14(21)11-24-16-17(25(22,23)13-9-5-2-6-10-13)19-15(18-16)12-7-3-1-4-8-12/h1-10H,11H2,(H,18,19)(H,20,21). The molecule has 1 heterocycles. The summed E-state index contributed by atoms with van der Waals surface area (Å²) in [6.45, 7) is 0. The molecule has 0 aliphatic heterocycles. The number of nitrogens with zero attached hydrogens (tertiary/aromatic N) is 1. The number of sulfone groups is 1. The van der Waals surface area contributed by atoms with Gasteiger partial charge < -0.3 is 10.1 Å². The Labute approximate surface area is 148 Å². The lowest BCUT2D eigenvalue weighted by Gasteiger charge is -2.03. The van der Waals surface area contributed by atoms with Crippen LogP contribution in [0.3, 0.4) is 0 Å². The number of rotatable bonds is 6. The summed E-state index contributed by atoms with van der Waals surface area (Å²) in [5.74, 6) is -0.948. The van der Waals surface area contributed by atoms with Gasteiger partial charge in [0.05, 0.1) is 10.6 Å². The molecule has 2 aromatic carbocycles. The molecule has 3 aromatic rings. The lowest BCUT2D eigenvalue weighted by atomic mass is 10.2. The fourth-order valence-electron chi connectivity index (χ4n) is 2.20. The molecular formula is C17H14N2O4S2. The average Bonchev–Trinajstić information content (AvgIpc) is 3.07. The third kappa shape index (κ3) is 3.75. The highest BCUT2D eigenvalue weighted by Gasteiger charge is 2.26. The topological polar surface area (TPSA) is 100 Å². The quantitative estimate of drug-likeness (QED) is 0.643. The van der Waals surface area contributed by atoms with E-state index in [2.05, 4.69) is 9.97 Å². The molecule has 0 fully saturated rings. The van der Waals surface area contributed by atoms with Crippen molar-refractivity contribution in [3.63, 3.8) is 0 Å². The van der Waals surface area contributed by atoms with Gasteiger partial charge in [-0.05, 0) is 12.1 Å². The van der Waals surface area contributed by atoms with Crippen molar-refractivity contribution < 1.29 is 18.3 Å². The summed E-state index contributed by atoms with van der Waals surface area (Å²) in [4.78, 5) is 18.1. The Bertz CT molecular complexity index is 984. The van der Waals surface area contributed by atoms with Gasteiger partial charge in [-0.15, -0.1) is 0 Å². The Balaban J connectivity index is 2.10. The second-order valence-corrected chi connectivity index (χ2v) is 7.94. The van der Waals surface area contributed by atoms with E-state index in [1.165, 1.54) is 12.1 Å². The van der Waals surface area contributed by atoms with Gasteiger partial charge in [0, 0.05) is 5.56 Å². The summed E-state index contributed by atoms with van der Waals surface area (Å²) < 4.78 is 25.8. The average molecular weight is 374 g/mol. The van der Waals surface area contributed by atoms with Crippen LogP contribution in [0.4, 0.5) is 0 Å². The van der Waals surface area contributed by atoms with E-state index in [1.54, 1.807) is 30.3 Å². The van der Waals surface area contributed by atoms with Crippen molar-refractivity contribution in [2.45, 2.75) is 14.9 Å². The fraction of sp³-hybridized carbons (Fsp3) is 0.0588. The molecular weight excluding hydrogens is 360 g/mol. The summed E-state index contributed by atoms with van der Waals surface area (Å²) in [5, 5.41) is 8.95. The van der Waals surface area contributed by atoms with Crippen molar-refractivity contribution in [2.75, 3.05) is 5.75 Å². The van der Waals surface area contributed by atoms with E-state index in [1.807, 2.05) is 18.2 Å². The molecule has 1 aromatic heterocycles. The molecule has 2 N–H and O–H groups in total. The van der Waals surface area contributed by atoms with E-state index >= 15 is 0 Å². The molecule has 0 spiro atoms. The van der Waals surface area contributed by atoms with E-state index in [0.29, 0.717) is 11.4 Å². The Morgan fingerprint density at radius 1 is 1.04 bits per heavy atom. The molecule has 0 saturated heterocycles. The second kappa shape index (κ2) is 7.12. The van der Waals surface area contributed by atoms with Gasteiger partial charge in [0.25, 0.3) is 0 Å². The molecule has 0 saturated carbocycles. The van der Waals surface area contributed by atoms with Gasteiger partial charge in [0.15, 0.2) is 5.03 Å². The summed E-state index contributed by atoms with van der Waals surface area (Å²) in [6.07, 6.45) is 0. The van der Waals surface area contributed by atoms with Crippen LogP contribution in [-0.2, 0) is 14.6 Å². The monoisotopic (exact) mass is 374 g/mol. The number of hydrogen-bond acceptors (Lipinski definition) is 5. The largest absolute Gasteiger partial charge is 0.481 e. The molecule has 0 aliphatic carbocycles. The third-order valence-corrected chi connectivity index (χ3v) is 6.16. The molecule has 6 nitrogen and oxygen atoms in total. The highest BCUT2D eigenvalue weighted by molar-refractivity contribution is 8.00. The minimum absolute atomic E-state index is 0.0937. The Morgan fingerprint density at radius 3 is 2.24 bits per heavy atom. The van der Waals surface area contributed by atoms with Crippen LogP contribution in [0.25, 0.3) is 11.4 Å². The maximum absolute atomic E-state index is 12.9. The first kappa shape index (κ1) is 17.2. The Kier molecular flexibility index (Phi) is 4.91. The lowest BCUT2D eigenvalue weighted by molar-refractivity contribution is -0.133.